The highest BCUT2D eigenvalue weighted by molar-refractivity contribution is 7.09. The van der Waals surface area contributed by atoms with Crippen LogP contribution in [-0.2, 0) is 12.8 Å². The maximum absolute atomic E-state index is 11.9. The molecule has 0 fully saturated rings. The summed E-state index contributed by atoms with van der Waals surface area (Å²) in [5.74, 6) is -0.0988. The Morgan fingerprint density at radius 1 is 1.38 bits per heavy atom. The van der Waals surface area contributed by atoms with Gasteiger partial charge in [-0.1, -0.05) is 13.0 Å². The number of aromatic nitrogens is 1. The standard InChI is InChI=1S/C14H17N3OS.2ClH/c1-2-13-17-12(9-19-13)6-7-16-14(18)10-4-3-5-11(15)8-10;;/h3-5,8-9H,2,6-7,15H2,1H3,(H,16,18);2*1H. The zero-order valence-electron chi connectivity index (χ0n) is 11.7. The van der Waals surface area contributed by atoms with Crippen LogP contribution >= 0.6 is 36.2 Å². The van der Waals surface area contributed by atoms with Gasteiger partial charge in [-0.15, -0.1) is 36.2 Å². The molecule has 1 aromatic carbocycles. The van der Waals surface area contributed by atoms with Crippen LogP contribution < -0.4 is 11.1 Å². The predicted molar refractivity (Wildman–Crippen MR) is 92.9 cm³/mol. The minimum atomic E-state index is -0.0988. The van der Waals surface area contributed by atoms with Gasteiger partial charge in [-0.2, -0.15) is 0 Å². The van der Waals surface area contributed by atoms with Crippen LogP contribution in [0.3, 0.4) is 0 Å². The molecule has 0 aliphatic carbocycles. The molecule has 0 bridgehead atoms. The fraction of sp³-hybridized carbons (Fsp3) is 0.286. The largest absolute Gasteiger partial charge is 0.399 e. The van der Waals surface area contributed by atoms with E-state index in [0.29, 0.717) is 17.8 Å². The Hall–Kier alpha value is -1.30. The number of hydrogen-bond acceptors (Lipinski definition) is 4. The van der Waals surface area contributed by atoms with Gasteiger partial charge in [0.25, 0.3) is 5.91 Å². The highest BCUT2D eigenvalue weighted by atomic mass is 35.5. The molecule has 0 aliphatic heterocycles. The molecule has 1 aromatic heterocycles. The van der Waals surface area contributed by atoms with E-state index >= 15 is 0 Å². The van der Waals surface area contributed by atoms with Crippen molar-refractivity contribution in [2.75, 3.05) is 12.3 Å². The molecule has 1 amide bonds. The molecule has 0 radical (unpaired) electrons. The van der Waals surface area contributed by atoms with Crippen molar-refractivity contribution in [2.24, 2.45) is 0 Å². The van der Waals surface area contributed by atoms with E-state index in [1.807, 2.05) is 5.38 Å². The Morgan fingerprint density at radius 3 is 2.76 bits per heavy atom. The number of nitrogens with one attached hydrogen (secondary N) is 1. The van der Waals surface area contributed by atoms with Crippen molar-refractivity contribution in [2.45, 2.75) is 19.8 Å². The lowest BCUT2D eigenvalue weighted by Gasteiger charge is -2.04. The molecular weight excluding hydrogens is 329 g/mol. The van der Waals surface area contributed by atoms with E-state index < -0.39 is 0 Å². The van der Waals surface area contributed by atoms with Gasteiger partial charge in [-0.3, -0.25) is 4.79 Å². The fourth-order valence-electron chi connectivity index (χ4n) is 1.71. The van der Waals surface area contributed by atoms with E-state index in [2.05, 4.69) is 17.2 Å². The number of hydrogen-bond donors (Lipinski definition) is 2. The van der Waals surface area contributed by atoms with Crippen molar-refractivity contribution in [3.8, 4) is 0 Å². The van der Waals surface area contributed by atoms with Crippen LogP contribution in [0.2, 0.25) is 0 Å². The zero-order valence-corrected chi connectivity index (χ0v) is 14.1. The van der Waals surface area contributed by atoms with E-state index in [1.165, 1.54) is 0 Å². The molecule has 2 rings (SSSR count). The summed E-state index contributed by atoms with van der Waals surface area (Å²) in [6.07, 6.45) is 1.71. The number of benzene rings is 1. The summed E-state index contributed by atoms with van der Waals surface area (Å²) in [5, 5.41) is 6.06. The van der Waals surface area contributed by atoms with Crippen molar-refractivity contribution in [1.29, 1.82) is 0 Å². The van der Waals surface area contributed by atoms with Gasteiger partial charge in [0, 0.05) is 29.6 Å². The van der Waals surface area contributed by atoms with Crippen LogP contribution in [0.25, 0.3) is 0 Å². The summed E-state index contributed by atoms with van der Waals surface area (Å²) in [6, 6.07) is 6.97. The van der Waals surface area contributed by atoms with Crippen molar-refractivity contribution in [3.05, 3.63) is 45.9 Å². The summed E-state index contributed by atoms with van der Waals surface area (Å²) in [6.45, 7) is 2.67. The molecular formula is C14H19Cl2N3OS. The molecule has 0 atom stereocenters. The number of rotatable bonds is 5. The topological polar surface area (TPSA) is 68.0 Å². The number of amides is 1. The number of carbonyl (C=O) groups is 1. The Kier molecular flexibility index (Phi) is 9.01. The van der Waals surface area contributed by atoms with E-state index in [9.17, 15) is 4.79 Å². The summed E-state index contributed by atoms with van der Waals surface area (Å²) >= 11 is 1.67. The first-order valence-corrected chi connectivity index (χ1v) is 7.14. The van der Waals surface area contributed by atoms with Crippen LogP contribution in [0, 0.1) is 0 Å². The molecule has 3 N–H and O–H groups in total. The zero-order chi connectivity index (χ0) is 13.7. The average Bonchev–Trinajstić information content (AvgIpc) is 2.86. The van der Waals surface area contributed by atoms with Crippen LogP contribution in [-0.4, -0.2) is 17.4 Å². The summed E-state index contributed by atoms with van der Waals surface area (Å²) in [5.41, 5.74) is 7.87. The fourth-order valence-corrected chi connectivity index (χ4v) is 2.49. The molecule has 0 spiro atoms. The Balaban J connectivity index is 0.00000200. The molecule has 7 heteroatoms. The number of halogens is 2. The minimum absolute atomic E-state index is 0. The van der Waals surface area contributed by atoms with E-state index in [-0.39, 0.29) is 30.7 Å². The molecule has 2 aromatic rings. The van der Waals surface area contributed by atoms with Gasteiger partial charge in [0.2, 0.25) is 0 Å². The maximum atomic E-state index is 11.9. The first-order valence-electron chi connectivity index (χ1n) is 6.26. The van der Waals surface area contributed by atoms with Gasteiger partial charge in [-0.25, -0.2) is 4.98 Å². The highest BCUT2D eigenvalue weighted by Gasteiger charge is 2.06. The second kappa shape index (κ2) is 9.60. The van der Waals surface area contributed by atoms with Gasteiger partial charge in [0.1, 0.15) is 0 Å². The number of carbonyl (C=O) groups excluding carboxylic acids is 1. The average molecular weight is 348 g/mol. The summed E-state index contributed by atoms with van der Waals surface area (Å²) in [4.78, 5) is 16.3. The number of nitrogens with zero attached hydrogens (tertiary/aromatic N) is 1. The second-order valence-electron chi connectivity index (χ2n) is 4.22. The third kappa shape index (κ3) is 5.91. The Bertz CT molecular complexity index is 575. The molecule has 1 heterocycles. The summed E-state index contributed by atoms with van der Waals surface area (Å²) in [7, 11) is 0. The number of anilines is 1. The minimum Gasteiger partial charge on any atom is -0.399 e. The SMILES string of the molecule is CCc1nc(CCNC(=O)c2cccc(N)c2)cs1.Cl.Cl. The Morgan fingerprint density at radius 2 is 2.14 bits per heavy atom. The lowest BCUT2D eigenvalue weighted by molar-refractivity contribution is 0.0954. The monoisotopic (exact) mass is 347 g/mol. The molecule has 0 saturated heterocycles. The molecule has 0 unspecified atom stereocenters. The van der Waals surface area contributed by atoms with Gasteiger partial charge in [-0.05, 0) is 24.6 Å². The molecule has 21 heavy (non-hydrogen) atoms. The molecule has 0 aliphatic rings. The van der Waals surface area contributed by atoms with E-state index in [0.717, 1.165) is 23.5 Å². The van der Waals surface area contributed by atoms with E-state index in [1.54, 1.807) is 35.6 Å². The van der Waals surface area contributed by atoms with Gasteiger partial charge in [0.15, 0.2) is 0 Å². The predicted octanol–water partition coefficient (Wildman–Crippen LogP) is 3.10. The Labute approximate surface area is 141 Å². The highest BCUT2D eigenvalue weighted by Crippen LogP contribution is 2.10. The van der Waals surface area contributed by atoms with Crippen LogP contribution in [0.1, 0.15) is 28.0 Å². The first-order chi connectivity index (χ1) is 9.19. The van der Waals surface area contributed by atoms with Gasteiger partial charge >= 0.3 is 0 Å². The van der Waals surface area contributed by atoms with Gasteiger partial charge in [0.05, 0.1) is 10.7 Å². The van der Waals surface area contributed by atoms with Crippen molar-refractivity contribution < 1.29 is 4.79 Å². The van der Waals surface area contributed by atoms with Gasteiger partial charge < -0.3 is 11.1 Å². The molecule has 4 nitrogen and oxygen atoms in total. The van der Waals surface area contributed by atoms with Crippen molar-refractivity contribution in [3.63, 3.8) is 0 Å². The third-order valence-electron chi connectivity index (χ3n) is 2.72. The van der Waals surface area contributed by atoms with E-state index in [4.69, 9.17) is 5.73 Å². The second-order valence-corrected chi connectivity index (χ2v) is 5.16. The normalized spacial score (nSPS) is 9.38. The number of thiazole rings is 1. The van der Waals surface area contributed by atoms with Crippen molar-refractivity contribution in [1.82, 2.24) is 10.3 Å². The van der Waals surface area contributed by atoms with Crippen LogP contribution in [0.4, 0.5) is 5.69 Å². The maximum Gasteiger partial charge on any atom is 0.251 e. The van der Waals surface area contributed by atoms with Crippen LogP contribution in [0.15, 0.2) is 29.6 Å². The first kappa shape index (κ1) is 19.7. The molecule has 0 saturated carbocycles. The third-order valence-corrected chi connectivity index (χ3v) is 3.76. The lowest BCUT2D eigenvalue weighted by Crippen LogP contribution is -2.25. The number of aryl methyl sites for hydroxylation is 1. The molecule has 116 valence electrons. The lowest BCUT2D eigenvalue weighted by atomic mass is 10.2. The smallest absolute Gasteiger partial charge is 0.251 e. The van der Waals surface area contributed by atoms with Crippen molar-refractivity contribution >= 4 is 47.7 Å². The van der Waals surface area contributed by atoms with Crippen LogP contribution in [0.5, 0.6) is 0 Å². The number of nitrogens with two attached hydrogens (primary N) is 1. The number of nitrogen functional groups attached to an aromatic ring is 1. The quantitative estimate of drug-likeness (QED) is 0.816. The summed E-state index contributed by atoms with van der Waals surface area (Å²) < 4.78 is 0.